The fraction of sp³-hybridized carbons (Fsp3) is 0.861. The van der Waals surface area contributed by atoms with Gasteiger partial charge in [-0.1, -0.05) is 60.1 Å². The van der Waals surface area contributed by atoms with Crippen LogP contribution in [0.25, 0.3) is 0 Å². The number of carbonyl (C=O) groups is 3. The number of carboxylic acid groups (broad SMARTS) is 2. The van der Waals surface area contributed by atoms with E-state index in [1.165, 1.54) is 5.57 Å². The molecule has 0 heterocycles. The van der Waals surface area contributed by atoms with Gasteiger partial charge in [-0.2, -0.15) is 0 Å². The highest BCUT2D eigenvalue weighted by atomic mass is 16.6. The van der Waals surface area contributed by atoms with Crippen LogP contribution in [0.3, 0.4) is 0 Å². The van der Waals surface area contributed by atoms with E-state index in [0.29, 0.717) is 30.6 Å². The van der Waals surface area contributed by atoms with Crippen LogP contribution in [0.4, 0.5) is 0 Å². The fourth-order valence-corrected chi connectivity index (χ4v) is 11.9. The second kappa shape index (κ2) is 11.6. The maximum atomic E-state index is 13.0. The molecule has 10 nitrogen and oxygen atoms in total. The number of ether oxygens (including phenoxy) is 1. The van der Waals surface area contributed by atoms with Gasteiger partial charge in [0.2, 0.25) is 0 Å². The van der Waals surface area contributed by atoms with Gasteiger partial charge in [0, 0.05) is 5.41 Å². The molecule has 0 saturated heterocycles. The van der Waals surface area contributed by atoms with Gasteiger partial charge in [0.15, 0.2) is 12.2 Å². The Morgan fingerprint density at radius 2 is 1.43 bits per heavy atom. The molecule has 5 rings (SSSR count). The molecule has 0 spiro atoms. The summed E-state index contributed by atoms with van der Waals surface area (Å²) >= 11 is 0. The molecule has 0 unspecified atom stereocenters. The zero-order valence-electron chi connectivity index (χ0n) is 28.5. The zero-order valence-corrected chi connectivity index (χ0v) is 28.5. The number of fused-ring (bicyclic) bond motifs is 7. The van der Waals surface area contributed by atoms with Crippen molar-refractivity contribution in [2.24, 2.45) is 56.7 Å². The van der Waals surface area contributed by atoms with Gasteiger partial charge >= 0.3 is 17.9 Å². The lowest BCUT2D eigenvalue weighted by Gasteiger charge is -2.71. The number of aliphatic hydroxyl groups is 4. The summed E-state index contributed by atoms with van der Waals surface area (Å²) in [5, 5.41) is 59.8. The molecule has 0 radical (unpaired) electrons. The Hall–Kier alpha value is -2.01. The Balaban J connectivity index is 1.40. The van der Waals surface area contributed by atoms with Gasteiger partial charge in [-0.3, -0.25) is 4.79 Å². The minimum atomic E-state index is -2.37. The number of aliphatic hydroxyl groups excluding tert-OH is 4. The molecule has 0 aromatic carbocycles. The molecule has 14 atom stereocenters. The number of hydrogen-bond acceptors (Lipinski definition) is 8. The summed E-state index contributed by atoms with van der Waals surface area (Å²) in [5.41, 5.74) is -0.0345. The van der Waals surface area contributed by atoms with Crippen LogP contribution in [0.1, 0.15) is 106 Å². The van der Waals surface area contributed by atoms with Gasteiger partial charge in [-0.05, 0) is 104 Å². The van der Waals surface area contributed by atoms with Crippen LogP contribution in [0, 0.1) is 56.7 Å². The number of carboxylic acids is 2. The molecule has 0 aliphatic heterocycles. The zero-order chi connectivity index (χ0) is 34.4. The summed E-state index contributed by atoms with van der Waals surface area (Å²) in [5.74, 6) is -2.25. The second-order valence-electron chi connectivity index (χ2n) is 17.1. The number of aliphatic carboxylic acids is 2. The molecule has 0 bridgehead atoms. The number of carbonyl (C=O) groups excluding carboxylic acids is 1. The smallest absolute Gasteiger partial charge is 0.338 e. The van der Waals surface area contributed by atoms with Crippen molar-refractivity contribution in [1.29, 1.82) is 0 Å². The Morgan fingerprint density at radius 3 is 2.04 bits per heavy atom. The molecular weight excluding hydrogens is 592 g/mol. The molecule has 4 saturated carbocycles. The first kappa shape index (κ1) is 35.3. The maximum Gasteiger partial charge on any atom is 0.338 e. The summed E-state index contributed by atoms with van der Waals surface area (Å²) in [6.07, 6.45) is 0.0922. The first-order chi connectivity index (χ1) is 21.2. The minimum Gasteiger partial charge on any atom is -0.481 e. The summed E-state index contributed by atoms with van der Waals surface area (Å²) < 4.78 is 5.80. The van der Waals surface area contributed by atoms with E-state index in [0.717, 1.165) is 44.9 Å². The van der Waals surface area contributed by atoms with Gasteiger partial charge in [-0.25, -0.2) is 9.59 Å². The Labute approximate surface area is 272 Å². The topological polar surface area (TPSA) is 182 Å². The molecule has 6 N–H and O–H groups in total. The average Bonchev–Trinajstić information content (AvgIpc) is 2.98. The summed E-state index contributed by atoms with van der Waals surface area (Å²) in [6, 6.07) is 0. The molecule has 5 aliphatic carbocycles. The molecule has 0 aromatic rings. The lowest BCUT2D eigenvalue weighted by molar-refractivity contribution is -0.220. The predicted molar refractivity (Wildman–Crippen MR) is 168 cm³/mol. The Bertz CT molecular complexity index is 1280. The molecule has 4 fully saturated rings. The van der Waals surface area contributed by atoms with E-state index in [1.54, 1.807) is 0 Å². The van der Waals surface area contributed by atoms with Crippen molar-refractivity contribution >= 4 is 17.9 Å². The first-order valence-electron chi connectivity index (χ1n) is 17.3. The highest BCUT2D eigenvalue weighted by Gasteiger charge is 2.70. The number of rotatable bonds is 7. The Morgan fingerprint density at radius 1 is 0.804 bits per heavy atom. The maximum absolute atomic E-state index is 13.0. The normalized spacial score (nSPS) is 45.7. The minimum absolute atomic E-state index is 0.0333. The van der Waals surface area contributed by atoms with E-state index in [2.05, 4.69) is 54.5 Å². The van der Waals surface area contributed by atoms with E-state index < -0.39 is 59.3 Å². The number of allylic oxidation sites excluding steroid dienone is 2. The van der Waals surface area contributed by atoms with Crippen LogP contribution in [0.2, 0.25) is 0 Å². The van der Waals surface area contributed by atoms with Gasteiger partial charge in [0.05, 0.1) is 5.41 Å². The van der Waals surface area contributed by atoms with E-state index in [-0.39, 0.29) is 28.1 Å². The van der Waals surface area contributed by atoms with Crippen LogP contribution in [0.5, 0.6) is 0 Å². The van der Waals surface area contributed by atoms with Crippen molar-refractivity contribution in [3.05, 3.63) is 11.6 Å². The van der Waals surface area contributed by atoms with Gasteiger partial charge < -0.3 is 35.4 Å². The first-order valence-corrected chi connectivity index (χ1v) is 17.3. The molecule has 260 valence electrons. The van der Waals surface area contributed by atoms with E-state index >= 15 is 0 Å². The highest BCUT2D eigenvalue weighted by Crippen LogP contribution is 2.75. The molecule has 0 aromatic heterocycles. The van der Waals surface area contributed by atoms with Crippen molar-refractivity contribution in [2.45, 2.75) is 137 Å². The van der Waals surface area contributed by atoms with Crippen LogP contribution < -0.4 is 0 Å². The third-order valence-electron chi connectivity index (χ3n) is 15.1. The van der Waals surface area contributed by atoms with Crippen LogP contribution >= 0.6 is 0 Å². The molecule has 10 heteroatoms. The standard InChI is InChI=1S/C36H56O10/c1-18-10-15-36(31(44)45)17-16-34(6)20(24(36)19(18)2)8-9-22-33(5)13-12-23(32(3,4)21(33)11-14-35(22,34)7)46-30(43)28(40)26(38)25(37)27(39)29(41)42/h8,18-19,21-28,37-40H,9-17H2,1-7H3,(H,41,42)(H,44,45)/t18-,19+,21+,22-,23+,24+,25+,26+,27+,28-,33+,34-,35-,36+/m1/s1. The predicted octanol–water partition coefficient (Wildman–Crippen LogP) is 4.17. The SMILES string of the molecule is C[C@H]1[C@H](C)CC[C@]2(C(=O)O)CC[C@]3(C)C(=CC[C@@H]4[C@@]5(C)CC[C@H](OC(=O)[C@H](O)[C@@H](O)[C@H](O)[C@H](O)C(=O)O)C(C)(C)[C@@H]5CC[C@]43C)[C@H]12. The summed E-state index contributed by atoms with van der Waals surface area (Å²) in [4.78, 5) is 36.9. The summed E-state index contributed by atoms with van der Waals surface area (Å²) in [6.45, 7) is 15.9. The third kappa shape index (κ3) is 4.82. The van der Waals surface area contributed by atoms with E-state index in [1.807, 2.05) is 0 Å². The van der Waals surface area contributed by atoms with Crippen LogP contribution in [0.15, 0.2) is 11.6 Å². The van der Waals surface area contributed by atoms with Crippen LogP contribution in [-0.2, 0) is 19.1 Å². The molecule has 46 heavy (non-hydrogen) atoms. The Kier molecular flexibility index (Phi) is 8.87. The van der Waals surface area contributed by atoms with Gasteiger partial charge in [-0.15, -0.1) is 0 Å². The monoisotopic (exact) mass is 648 g/mol. The number of hydrogen-bond donors (Lipinski definition) is 6. The largest absolute Gasteiger partial charge is 0.481 e. The van der Waals surface area contributed by atoms with Gasteiger partial charge in [0.25, 0.3) is 0 Å². The van der Waals surface area contributed by atoms with Crippen molar-refractivity contribution in [2.75, 3.05) is 0 Å². The highest BCUT2D eigenvalue weighted by molar-refractivity contribution is 5.77. The van der Waals surface area contributed by atoms with Crippen molar-refractivity contribution in [1.82, 2.24) is 0 Å². The second-order valence-corrected chi connectivity index (χ2v) is 17.1. The quantitative estimate of drug-likeness (QED) is 0.173. The van der Waals surface area contributed by atoms with Crippen molar-refractivity contribution in [3.63, 3.8) is 0 Å². The van der Waals surface area contributed by atoms with Crippen LogP contribution in [-0.4, -0.2) is 79.1 Å². The third-order valence-corrected chi connectivity index (χ3v) is 15.1. The van der Waals surface area contributed by atoms with Crippen molar-refractivity contribution in [3.8, 4) is 0 Å². The van der Waals surface area contributed by atoms with E-state index in [4.69, 9.17) is 9.84 Å². The van der Waals surface area contributed by atoms with E-state index in [9.17, 15) is 39.9 Å². The lowest BCUT2D eigenvalue weighted by Crippen LogP contribution is -2.65. The van der Waals surface area contributed by atoms with Crippen molar-refractivity contribution < 1.29 is 49.8 Å². The summed E-state index contributed by atoms with van der Waals surface area (Å²) in [7, 11) is 0. The molecule has 0 amide bonds. The fourth-order valence-electron chi connectivity index (χ4n) is 11.9. The number of esters is 1. The average molecular weight is 649 g/mol. The molecule has 5 aliphatic rings. The van der Waals surface area contributed by atoms with Gasteiger partial charge in [0.1, 0.15) is 18.3 Å². The lowest BCUT2D eigenvalue weighted by atomic mass is 9.33. The molecular formula is C36H56O10.